The van der Waals surface area contributed by atoms with Gasteiger partial charge in [-0.2, -0.15) is 0 Å². The fourth-order valence-electron chi connectivity index (χ4n) is 2.88. The zero-order valence-electron chi connectivity index (χ0n) is 14.5. The molecular weight excluding hydrogens is 378 g/mol. The van der Waals surface area contributed by atoms with Crippen molar-refractivity contribution in [2.45, 2.75) is 26.9 Å². The number of fused-ring (bicyclic) bond motifs is 1. The molecule has 128 valence electrons. The van der Waals surface area contributed by atoms with Crippen LogP contribution in [0.2, 0.25) is 0 Å². The van der Waals surface area contributed by atoms with Gasteiger partial charge in [-0.15, -0.1) is 0 Å². The molecule has 0 saturated carbocycles. The topological polar surface area (TPSA) is 38.3 Å². The van der Waals surface area contributed by atoms with Gasteiger partial charge in [0.1, 0.15) is 5.75 Å². The van der Waals surface area contributed by atoms with Crippen LogP contribution in [0.1, 0.15) is 18.1 Å². The molecule has 0 aliphatic heterocycles. The summed E-state index contributed by atoms with van der Waals surface area (Å²) in [5, 5.41) is 5.09. The molecule has 0 bridgehead atoms. The van der Waals surface area contributed by atoms with Crippen LogP contribution in [0.15, 0.2) is 59.1 Å². The van der Waals surface area contributed by atoms with Crippen molar-refractivity contribution in [2.75, 3.05) is 5.32 Å². The minimum Gasteiger partial charge on any atom is -0.480 e. The molecule has 0 spiro atoms. The lowest BCUT2D eigenvalue weighted by Crippen LogP contribution is -2.30. The molecule has 3 nitrogen and oxygen atoms in total. The average Bonchev–Trinajstić information content (AvgIpc) is 2.58. The number of carbonyl (C=O) groups excluding carboxylic acids is 1. The summed E-state index contributed by atoms with van der Waals surface area (Å²) >= 11 is 3.47. The second kappa shape index (κ2) is 7.28. The molecule has 25 heavy (non-hydrogen) atoms. The van der Waals surface area contributed by atoms with Crippen molar-refractivity contribution in [3.63, 3.8) is 0 Å². The van der Waals surface area contributed by atoms with Gasteiger partial charge in [-0.05, 0) is 55.5 Å². The summed E-state index contributed by atoms with van der Waals surface area (Å²) in [6.07, 6.45) is -0.599. The molecule has 1 N–H and O–H groups in total. The molecule has 3 rings (SSSR count). The first-order valence-corrected chi connectivity index (χ1v) is 8.97. The van der Waals surface area contributed by atoms with Crippen LogP contribution in [0.3, 0.4) is 0 Å². The van der Waals surface area contributed by atoms with Crippen LogP contribution >= 0.6 is 15.9 Å². The molecule has 0 aromatic heterocycles. The molecule has 0 saturated heterocycles. The standard InChI is InChI=1S/C21H20BrNO2/c1-13-11-17(22)12-14(2)20(13)25-15(3)21(24)23-19-10-6-8-16-7-4-5-9-18(16)19/h4-12,15H,1-3H3,(H,23,24). The summed E-state index contributed by atoms with van der Waals surface area (Å²) in [6.45, 7) is 5.71. The highest BCUT2D eigenvalue weighted by atomic mass is 79.9. The molecular formula is C21H20BrNO2. The highest BCUT2D eigenvalue weighted by Crippen LogP contribution is 2.29. The van der Waals surface area contributed by atoms with Crippen LogP contribution < -0.4 is 10.1 Å². The number of aryl methyl sites for hydroxylation is 2. The van der Waals surface area contributed by atoms with Crippen LogP contribution in [0.4, 0.5) is 5.69 Å². The minimum absolute atomic E-state index is 0.168. The molecule has 4 heteroatoms. The summed E-state index contributed by atoms with van der Waals surface area (Å²) in [5.41, 5.74) is 2.79. The van der Waals surface area contributed by atoms with Gasteiger partial charge in [-0.3, -0.25) is 4.79 Å². The Morgan fingerprint density at radius 2 is 1.68 bits per heavy atom. The van der Waals surface area contributed by atoms with E-state index in [-0.39, 0.29) is 5.91 Å². The number of anilines is 1. The largest absolute Gasteiger partial charge is 0.480 e. The molecule has 1 amide bonds. The zero-order chi connectivity index (χ0) is 18.0. The molecule has 1 atom stereocenters. The Labute approximate surface area is 156 Å². The smallest absolute Gasteiger partial charge is 0.265 e. The van der Waals surface area contributed by atoms with Crippen molar-refractivity contribution >= 4 is 38.3 Å². The minimum atomic E-state index is -0.599. The highest BCUT2D eigenvalue weighted by Gasteiger charge is 2.18. The molecule has 0 fully saturated rings. The number of hydrogen-bond donors (Lipinski definition) is 1. The van der Waals surface area contributed by atoms with Gasteiger partial charge < -0.3 is 10.1 Å². The molecule has 0 aliphatic rings. The van der Waals surface area contributed by atoms with E-state index in [1.807, 2.05) is 68.4 Å². The van der Waals surface area contributed by atoms with Crippen molar-refractivity contribution in [3.05, 3.63) is 70.2 Å². The molecule has 0 radical (unpaired) electrons. The van der Waals surface area contributed by atoms with E-state index in [2.05, 4.69) is 21.2 Å². The highest BCUT2D eigenvalue weighted by molar-refractivity contribution is 9.10. The average molecular weight is 398 g/mol. The van der Waals surface area contributed by atoms with Crippen LogP contribution in [-0.4, -0.2) is 12.0 Å². The van der Waals surface area contributed by atoms with E-state index < -0.39 is 6.10 Å². The van der Waals surface area contributed by atoms with E-state index in [1.165, 1.54) is 0 Å². The van der Waals surface area contributed by atoms with Gasteiger partial charge in [0.2, 0.25) is 0 Å². The number of hydrogen-bond acceptors (Lipinski definition) is 2. The zero-order valence-corrected chi connectivity index (χ0v) is 16.1. The number of amides is 1. The number of ether oxygens (including phenoxy) is 1. The molecule has 1 unspecified atom stereocenters. The fourth-order valence-corrected chi connectivity index (χ4v) is 3.57. The number of halogens is 1. The Hall–Kier alpha value is -2.33. The second-order valence-electron chi connectivity index (χ2n) is 6.14. The molecule has 0 heterocycles. The van der Waals surface area contributed by atoms with E-state index in [9.17, 15) is 4.79 Å². The van der Waals surface area contributed by atoms with Gasteiger partial charge >= 0.3 is 0 Å². The van der Waals surface area contributed by atoms with Crippen molar-refractivity contribution in [1.29, 1.82) is 0 Å². The van der Waals surface area contributed by atoms with E-state index >= 15 is 0 Å². The number of carbonyl (C=O) groups is 1. The van der Waals surface area contributed by atoms with Gasteiger partial charge in [-0.1, -0.05) is 52.3 Å². The maximum absolute atomic E-state index is 12.6. The quantitative estimate of drug-likeness (QED) is 0.619. The van der Waals surface area contributed by atoms with Crippen LogP contribution in [-0.2, 0) is 4.79 Å². The lowest BCUT2D eigenvalue weighted by molar-refractivity contribution is -0.122. The summed E-state index contributed by atoms with van der Waals surface area (Å²) in [4.78, 5) is 12.6. The summed E-state index contributed by atoms with van der Waals surface area (Å²) in [6, 6.07) is 17.8. The summed E-state index contributed by atoms with van der Waals surface area (Å²) in [5.74, 6) is 0.585. The van der Waals surface area contributed by atoms with Crippen molar-refractivity contribution in [2.24, 2.45) is 0 Å². The van der Waals surface area contributed by atoms with Gasteiger partial charge in [0.25, 0.3) is 5.91 Å². The Bertz CT molecular complexity index is 908. The predicted molar refractivity (Wildman–Crippen MR) is 106 cm³/mol. The molecule has 0 aliphatic carbocycles. The van der Waals surface area contributed by atoms with Crippen LogP contribution in [0.25, 0.3) is 10.8 Å². The van der Waals surface area contributed by atoms with Gasteiger partial charge in [-0.25, -0.2) is 0 Å². The lowest BCUT2D eigenvalue weighted by Gasteiger charge is -2.19. The Morgan fingerprint density at radius 3 is 2.40 bits per heavy atom. The predicted octanol–water partition coefficient (Wildman–Crippen LogP) is 5.63. The van der Waals surface area contributed by atoms with Crippen molar-refractivity contribution < 1.29 is 9.53 Å². The van der Waals surface area contributed by atoms with Crippen molar-refractivity contribution in [1.82, 2.24) is 0 Å². The molecule has 3 aromatic rings. The fraction of sp³-hybridized carbons (Fsp3) is 0.190. The van der Waals surface area contributed by atoms with Crippen molar-refractivity contribution in [3.8, 4) is 5.75 Å². The first-order chi connectivity index (χ1) is 12.0. The maximum atomic E-state index is 12.6. The third-order valence-electron chi connectivity index (χ3n) is 4.14. The normalized spacial score (nSPS) is 12.0. The monoisotopic (exact) mass is 397 g/mol. The van der Waals surface area contributed by atoms with Gasteiger partial charge in [0.15, 0.2) is 6.10 Å². The lowest BCUT2D eigenvalue weighted by atomic mass is 10.1. The third kappa shape index (κ3) is 3.85. The van der Waals surface area contributed by atoms with Crippen LogP contribution in [0, 0.1) is 13.8 Å². The number of benzene rings is 3. The van der Waals surface area contributed by atoms with Gasteiger partial charge in [0.05, 0.1) is 0 Å². The SMILES string of the molecule is Cc1cc(Br)cc(C)c1OC(C)C(=O)Nc1cccc2ccccc12. The maximum Gasteiger partial charge on any atom is 0.265 e. The molecule has 3 aromatic carbocycles. The van der Waals surface area contributed by atoms with E-state index in [0.717, 1.165) is 37.8 Å². The van der Waals surface area contributed by atoms with E-state index in [0.29, 0.717) is 0 Å². The number of rotatable bonds is 4. The summed E-state index contributed by atoms with van der Waals surface area (Å²) in [7, 11) is 0. The van der Waals surface area contributed by atoms with Crippen LogP contribution in [0.5, 0.6) is 5.75 Å². The Morgan fingerprint density at radius 1 is 1.04 bits per heavy atom. The summed E-state index contributed by atoms with van der Waals surface area (Å²) < 4.78 is 6.95. The number of nitrogens with one attached hydrogen (secondary N) is 1. The Kier molecular flexibility index (Phi) is 5.09. The Balaban J connectivity index is 1.79. The first kappa shape index (κ1) is 17.5. The van der Waals surface area contributed by atoms with E-state index in [4.69, 9.17) is 4.74 Å². The second-order valence-corrected chi connectivity index (χ2v) is 7.06. The first-order valence-electron chi connectivity index (χ1n) is 8.18. The van der Waals surface area contributed by atoms with Gasteiger partial charge in [0, 0.05) is 15.5 Å². The van der Waals surface area contributed by atoms with E-state index in [1.54, 1.807) is 6.92 Å². The third-order valence-corrected chi connectivity index (χ3v) is 4.59.